The molecule has 2 aromatic rings. The lowest BCUT2D eigenvalue weighted by atomic mass is 10.2. The molecule has 0 saturated heterocycles. The van der Waals surface area contributed by atoms with Crippen molar-refractivity contribution in [2.75, 3.05) is 5.32 Å². The van der Waals surface area contributed by atoms with Crippen molar-refractivity contribution >= 4 is 45.2 Å². The highest BCUT2D eigenvalue weighted by atomic mass is 79.9. The maximum absolute atomic E-state index is 12.0. The number of hydrogen-bond acceptors (Lipinski definition) is 1. The standard InChI is InChI=1S/C16H13BrClNO/c1-11-7-8-13(10-15(11)18)19-16(20)14(17)9-12-5-3-2-4-6-12/h2-10H,1H3,(H,19,20)/b14-9-. The Labute approximate surface area is 131 Å². The molecule has 0 aromatic heterocycles. The van der Waals surface area contributed by atoms with E-state index in [9.17, 15) is 4.79 Å². The first-order valence-electron chi connectivity index (χ1n) is 6.06. The van der Waals surface area contributed by atoms with E-state index in [1.54, 1.807) is 12.1 Å². The number of carbonyl (C=O) groups is 1. The molecule has 1 N–H and O–H groups in total. The van der Waals surface area contributed by atoms with Gasteiger partial charge in [0.1, 0.15) is 0 Å². The summed E-state index contributed by atoms with van der Waals surface area (Å²) in [6.45, 7) is 1.92. The quantitative estimate of drug-likeness (QED) is 0.773. The Hall–Kier alpha value is -1.58. The fourth-order valence-corrected chi connectivity index (χ4v) is 2.17. The first kappa shape index (κ1) is 14.8. The van der Waals surface area contributed by atoms with Gasteiger partial charge in [-0.25, -0.2) is 0 Å². The van der Waals surface area contributed by atoms with Gasteiger partial charge in [0.15, 0.2) is 0 Å². The monoisotopic (exact) mass is 349 g/mol. The van der Waals surface area contributed by atoms with Crippen molar-refractivity contribution in [1.82, 2.24) is 0 Å². The van der Waals surface area contributed by atoms with E-state index in [-0.39, 0.29) is 5.91 Å². The summed E-state index contributed by atoms with van der Waals surface area (Å²) in [6, 6.07) is 15.0. The third-order valence-electron chi connectivity index (χ3n) is 2.74. The molecule has 4 heteroatoms. The summed E-state index contributed by atoms with van der Waals surface area (Å²) in [5.41, 5.74) is 2.60. The highest BCUT2D eigenvalue weighted by Crippen LogP contribution is 2.21. The average molecular weight is 351 g/mol. The number of nitrogens with one attached hydrogen (secondary N) is 1. The smallest absolute Gasteiger partial charge is 0.262 e. The van der Waals surface area contributed by atoms with E-state index in [2.05, 4.69) is 21.2 Å². The maximum Gasteiger partial charge on any atom is 0.262 e. The van der Waals surface area contributed by atoms with Crippen LogP contribution in [0.3, 0.4) is 0 Å². The molecule has 1 amide bonds. The van der Waals surface area contributed by atoms with Crippen molar-refractivity contribution in [2.45, 2.75) is 6.92 Å². The average Bonchev–Trinajstić information content (AvgIpc) is 2.44. The molecule has 2 rings (SSSR count). The summed E-state index contributed by atoms with van der Waals surface area (Å²) in [4.78, 5) is 12.0. The second kappa shape index (κ2) is 6.73. The van der Waals surface area contributed by atoms with Crippen molar-refractivity contribution in [2.24, 2.45) is 0 Å². The minimum Gasteiger partial charge on any atom is -0.321 e. The van der Waals surface area contributed by atoms with Crippen LogP contribution in [0.1, 0.15) is 11.1 Å². The predicted octanol–water partition coefficient (Wildman–Crippen LogP) is 5.02. The summed E-state index contributed by atoms with van der Waals surface area (Å²) in [5, 5.41) is 3.42. The molecule has 0 fully saturated rings. The summed E-state index contributed by atoms with van der Waals surface area (Å²) in [7, 11) is 0. The molecule has 0 aliphatic heterocycles. The van der Waals surface area contributed by atoms with Crippen LogP contribution in [0.5, 0.6) is 0 Å². The molecule has 0 radical (unpaired) electrons. The number of aryl methyl sites for hydroxylation is 1. The van der Waals surface area contributed by atoms with Crippen LogP contribution in [0.4, 0.5) is 5.69 Å². The lowest BCUT2D eigenvalue weighted by Crippen LogP contribution is -2.11. The first-order valence-corrected chi connectivity index (χ1v) is 7.23. The minimum absolute atomic E-state index is 0.214. The highest BCUT2D eigenvalue weighted by molar-refractivity contribution is 9.12. The van der Waals surface area contributed by atoms with Crippen molar-refractivity contribution < 1.29 is 4.79 Å². The summed E-state index contributed by atoms with van der Waals surface area (Å²) in [5.74, 6) is -0.214. The van der Waals surface area contributed by atoms with E-state index in [0.29, 0.717) is 15.2 Å². The Balaban J connectivity index is 2.11. The van der Waals surface area contributed by atoms with Crippen LogP contribution >= 0.6 is 27.5 Å². The third-order valence-corrected chi connectivity index (χ3v) is 3.74. The van der Waals surface area contributed by atoms with Gasteiger partial charge in [0, 0.05) is 10.7 Å². The maximum atomic E-state index is 12.0. The zero-order valence-corrected chi connectivity index (χ0v) is 13.2. The molecule has 2 aromatic carbocycles. The molecule has 102 valence electrons. The number of rotatable bonds is 3. The molecule has 2 nitrogen and oxygen atoms in total. The normalized spacial score (nSPS) is 11.2. The predicted molar refractivity (Wildman–Crippen MR) is 88.2 cm³/mol. The van der Waals surface area contributed by atoms with Gasteiger partial charge < -0.3 is 5.32 Å². The second-order valence-electron chi connectivity index (χ2n) is 4.32. The Kier molecular flexibility index (Phi) is 4.99. The number of amides is 1. The van der Waals surface area contributed by atoms with Gasteiger partial charge in [-0.2, -0.15) is 0 Å². The van der Waals surface area contributed by atoms with E-state index in [4.69, 9.17) is 11.6 Å². The van der Waals surface area contributed by atoms with Crippen molar-refractivity contribution in [3.05, 3.63) is 69.2 Å². The van der Waals surface area contributed by atoms with E-state index in [1.807, 2.05) is 49.4 Å². The summed E-state index contributed by atoms with van der Waals surface area (Å²) < 4.78 is 0.459. The molecule has 20 heavy (non-hydrogen) atoms. The van der Waals surface area contributed by atoms with Gasteiger partial charge in [-0.1, -0.05) is 48.0 Å². The molecule has 0 bridgehead atoms. The lowest BCUT2D eigenvalue weighted by Gasteiger charge is -2.06. The first-order chi connectivity index (χ1) is 9.56. The zero-order chi connectivity index (χ0) is 14.5. The van der Waals surface area contributed by atoms with Gasteiger partial charge in [0.2, 0.25) is 0 Å². The SMILES string of the molecule is Cc1ccc(NC(=O)/C(Br)=C/c2ccccc2)cc1Cl. The second-order valence-corrected chi connectivity index (χ2v) is 5.58. The van der Waals surface area contributed by atoms with Crippen molar-refractivity contribution in [1.29, 1.82) is 0 Å². The molecule has 0 unspecified atom stereocenters. The topological polar surface area (TPSA) is 29.1 Å². The van der Waals surface area contributed by atoms with Crippen LogP contribution in [0, 0.1) is 6.92 Å². The molecule has 0 spiro atoms. The zero-order valence-electron chi connectivity index (χ0n) is 10.9. The fraction of sp³-hybridized carbons (Fsp3) is 0.0625. The lowest BCUT2D eigenvalue weighted by molar-refractivity contribution is -0.112. The highest BCUT2D eigenvalue weighted by Gasteiger charge is 2.07. The van der Waals surface area contributed by atoms with Gasteiger partial charge in [-0.05, 0) is 52.2 Å². The van der Waals surface area contributed by atoms with Crippen LogP contribution < -0.4 is 5.32 Å². The summed E-state index contributed by atoms with van der Waals surface area (Å²) >= 11 is 9.32. The van der Waals surface area contributed by atoms with Crippen LogP contribution in [-0.2, 0) is 4.79 Å². The van der Waals surface area contributed by atoms with E-state index in [1.165, 1.54) is 0 Å². The Morgan fingerprint density at radius 3 is 2.55 bits per heavy atom. The van der Waals surface area contributed by atoms with E-state index in [0.717, 1.165) is 11.1 Å². The van der Waals surface area contributed by atoms with Crippen molar-refractivity contribution in [3.63, 3.8) is 0 Å². The number of benzene rings is 2. The van der Waals surface area contributed by atoms with Crippen molar-refractivity contribution in [3.8, 4) is 0 Å². The van der Waals surface area contributed by atoms with Crippen LogP contribution in [-0.4, -0.2) is 5.91 Å². The molecular formula is C16H13BrClNO. The van der Waals surface area contributed by atoms with Gasteiger partial charge in [-0.3, -0.25) is 4.79 Å². The minimum atomic E-state index is -0.214. The summed E-state index contributed by atoms with van der Waals surface area (Å²) in [6.07, 6.45) is 1.77. The molecule has 0 aliphatic carbocycles. The van der Waals surface area contributed by atoms with Crippen LogP contribution in [0.25, 0.3) is 6.08 Å². The Morgan fingerprint density at radius 2 is 1.90 bits per heavy atom. The Bertz CT molecular complexity index is 653. The third kappa shape index (κ3) is 3.95. The van der Waals surface area contributed by atoms with Gasteiger partial charge >= 0.3 is 0 Å². The fourth-order valence-electron chi connectivity index (χ4n) is 1.62. The number of hydrogen-bond donors (Lipinski definition) is 1. The molecule has 0 saturated carbocycles. The number of carbonyl (C=O) groups excluding carboxylic acids is 1. The van der Waals surface area contributed by atoms with Gasteiger partial charge in [0.25, 0.3) is 5.91 Å². The van der Waals surface area contributed by atoms with Crippen LogP contribution in [0.15, 0.2) is 53.0 Å². The Morgan fingerprint density at radius 1 is 1.20 bits per heavy atom. The van der Waals surface area contributed by atoms with Gasteiger partial charge in [-0.15, -0.1) is 0 Å². The molecular weight excluding hydrogens is 338 g/mol. The van der Waals surface area contributed by atoms with E-state index < -0.39 is 0 Å². The molecule has 0 heterocycles. The molecule has 0 atom stereocenters. The number of anilines is 1. The van der Waals surface area contributed by atoms with Gasteiger partial charge in [0.05, 0.1) is 4.48 Å². The van der Waals surface area contributed by atoms with Crippen LogP contribution in [0.2, 0.25) is 5.02 Å². The molecule has 0 aliphatic rings. The number of halogens is 2. The largest absolute Gasteiger partial charge is 0.321 e. The van der Waals surface area contributed by atoms with E-state index >= 15 is 0 Å².